The lowest BCUT2D eigenvalue weighted by Crippen LogP contribution is -2.60. The van der Waals surface area contributed by atoms with Crippen LogP contribution < -0.4 is 5.32 Å². The fourth-order valence-electron chi connectivity index (χ4n) is 6.99. The van der Waals surface area contributed by atoms with Crippen LogP contribution >= 0.6 is 0 Å². The lowest BCUT2D eigenvalue weighted by Gasteiger charge is -2.56. The van der Waals surface area contributed by atoms with E-state index in [1.165, 1.54) is 38.5 Å². The summed E-state index contributed by atoms with van der Waals surface area (Å²) in [6.45, 7) is 2.24. The number of carbonyl (C=O) groups is 1. The quantitative estimate of drug-likeness (QED) is 0.702. The Hall–Kier alpha value is -2.69. The number of hydrogen-bond donors (Lipinski definition) is 1. The summed E-state index contributed by atoms with van der Waals surface area (Å²) < 4.78 is 1.78. The van der Waals surface area contributed by atoms with E-state index in [9.17, 15) is 4.79 Å². The summed E-state index contributed by atoms with van der Waals surface area (Å²) in [7, 11) is 0. The first-order chi connectivity index (χ1) is 14.6. The van der Waals surface area contributed by atoms with Crippen molar-refractivity contribution in [3.63, 3.8) is 0 Å². The number of fused-ring (bicyclic) bond motifs is 1. The molecule has 154 valence electrons. The van der Waals surface area contributed by atoms with E-state index in [0.29, 0.717) is 0 Å². The number of rotatable bonds is 4. The topological polar surface area (TPSA) is 59.8 Å². The predicted octanol–water partition coefficient (Wildman–Crippen LogP) is 4.49. The van der Waals surface area contributed by atoms with Gasteiger partial charge in [0.15, 0.2) is 5.65 Å². The Bertz CT molecular complexity index is 1080. The molecule has 7 rings (SSSR count). The molecule has 1 amide bonds. The summed E-state index contributed by atoms with van der Waals surface area (Å²) in [5, 5.41) is 9.20. The minimum absolute atomic E-state index is 0.0342. The van der Waals surface area contributed by atoms with Gasteiger partial charge in [0.05, 0.1) is 5.69 Å². The van der Waals surface area contributed by atoms with Crippen LogP contribution in [0.5, 0.6) is 0 Å². The van der Waals surface area contributed by atoms with Crippen LogP contribution in [-0.4, -0.2) is 26.2 Å². The van der Waals surface area contributed by atoms with Gasteiger partial charge in [-0.1, -0.05) is 30.3 Å². The van der Waals surface area contributed by atoms with Crippen LogP contribution in [0.2, 0.25) is 0 Å². The molecule has 4 fully saturated rings. The van der Waals surface area contributed by atoms with Crippen molar-refractivity contribution in [3.8, 4) is 11.1 Å². The molecule has 0 radical (unpaired) electrons. The Morgan fingerprint density at radius 3 is 2.40 bits per heavy atom. The molecule has 0 aliphatic heterocycles. The molecular weight excluding hydrogens is 372 g/mol. The molecule has 4 aliphatic rings. The maximum Gasteiger partial charge on any atom is 0.242 e. The van der Waals surface area contributed by atoms with Crippen LogP contribution in [0.1, 0.15) is 44.2 Å². The van der Waals surface area contributed by atoms with Gasteiger partial charge in [-0.3, -0.25) is 4.79 Å². The Labute approximate surface area is 176 Å². The molecular formula is C25H28N4O. The minimum atomic E-state index is 0.0342. The van der Waals surface area contributed by atoms with Gasteiger partial charge in [-0.2, -0.15) is 5.10 Å². The molecule has 0 unspecified atom stereocenters. The highest BCUT2D eigenvalue weighted by atomic mass is 16.2. The van der Waals surface area contributed by atoms with Crippen molar-refractivity contribution in [2.45, 2.75) is 57.5 Å². The Balaban J connectivity index is 1.28. The van der Waals surface area contributed by atoms with Crippen molar-refractivity contribution >= 4 is 16.9 Å². The molecule has 0 spiro atoms. The van der Waals surface area contributed by atoms with Gasteiger partial charge in [0.25, 0.3) is 0 Å². The molecule has 4 saturated carbocycles. The third-order valence-electron chi connectivity index (χ3n) is 7.63. The highest BCUT2D eigenvalue weighted by Gasteiger charge is 2.51. The van der Waals surface area contributed by atoms with Crippen LogP contribution in [0, 0.1) is 24.7 Å². The smallest absolute Gasteiger partial charge is 0.242 e. The van der Waals surface area contributed by atoms with Crippen LogP contribution in [0.4, 0.5) is 0 Å². The van der Waals surface area contributed by atoms with Crippen LogP contribution in [0.15, 0.2) is 42.6 Å². The second-order valence-corrected chi connectivity index (χ2v) is 9.91. The van der Waals surface area contributed by atoms with Gasteiger partial charge in [0, 0.05) is 17.1 Å². The lowest BCUT2D eigenvalue weighted by atomic mass is 9.53. The molecule has 0 saturated heterocycles. The standard InChI is InChI=1S/C25H28N4O/c1-16-23-21(20-5-3-2-4-6-20)7-8-26-24(23)29(28-16)15-22(30)27-25-12-17-9-18(13-25)11-19(10-17)14-25/h2-8,17-19H,9-15H2,1H3,(H,27,30). The van der Waals surface area contributed by atoms with E-state index in [2.05, 4.69) is 22.4 Å². The Morgan fingerprint density at radius 1 is 1.07 bits per heavy atom. The van der Waals surface area contributed by atoms with E-state index >= 15 is 0 Å². The van der Waals surface area contributed by atoms with Gasteiger partial charge >= 0.3 is 0 Å². The number of carbonyl (C=O) groups excluding carboxylic acids is 1. The summed E-state index contributed by atoms with van der Waals surface area (Å²) in [5.41, 5.74) is 4.00. The zero-order valence-electron chi connectivity index (χ0n) is 17.5. The van der Waals surface area contributed by atoms with Crippen molar-refractivity contribution in [2.75, 3.05) is 0 Å². The van der Waals surface area contributed by atoms with Crippen molar-refractivity contribution in [1.82, 2.24) is 20.1 Å². The van der Waals surface area contributed by atoms with E-state index in [0.717, 1.165) is 45.6 Å². The first kappa shape index (κ1) is 18.1. The summed E-state index contributed by atoms with van der Waals surface area (Å²) in [6, 6.07) is 12.3. The van der Waals surface area contributed by atoms with Crippen molar-refractivity contribution in [3.05, 3.63) is 48.3 Å². The molecule has 1 N–H and O–H groups in total. The number of hydrogen-bond acceptors (Lipinski definition) is 3. The number of nitrogens with zero attached hydrogens (tertiary/aromatic N) is 3. The first-order valence-electron chi connectivity index (χ1n) is 11.3. The molecule has 5 nitrogen and oxygen atoms in total. The average molecular weight is 401 g/mol. The number of benzene rings is 1. The molecule has 1 aromatic carbocycles. The van der Waals surface area contributed by atoms with Crippen molar-refractivity contribution in [1.29, 1.82) is 0 Å². The van der Waals surface area contributed by atoms with E-state index in [1.54, 1.807) is 4.68 Å². The van der Waals surface area contributed by atoms with E-state index in [1.807, 2.05) is 37.4 Å². The molecule has 0 atom stereocenters. The minimum Gasteiger partial charge on any atom is -0.349 e. The van der Waals surface area contributed by atoms with Crippen molar-refractivity contribution in [2.24, 2.45) is 17.8 Å². The second kappa shape index (κ2) is 6.66. The maximum atomic E-state index is 13.1. The number of amides is 1. The van der Waals surface area contributed by atoms with E-state index < -0.39 is 0 Å². The highest BCUT2D eigenvalue weighted by molar-refractivity contribution is 5.95. The maximum absolute atomic E-state index is 13.1. The fourth-order valence-corrected chi connectivity index (χ4v) is 6.99. The van der Waals surface area contributed by atoms with Crippen LogP contribution in [-0.2, 0) is 11.3 Å². The Morgan fingerprint density at radius 2 is 1.73 bits per heavy atom. The number of pyridine rings is 1. The van der Waals surface area contributed by atoms with Gasteiger partial charge in [-0.05, 0) is 80.4 Å². The van der Waals surface area contributed by atoms with Crippen LogP contribution in [0.3, 0.4) is 0 Å². The molecule has 4 bridgehead atoms. The first-order valence-corrected chi connectivity index (χ1v) is 11.3. The molecule has 2 aromatic heterocycles. The normalized spacial score (nSPS) is 29.4. The monoisotopic (exact) mass is 400 g/mol. The van der Waals surface area contributed by atoms with Gasteiger partial charge in [0.2, 0.25) is 5.91 Å². The summed E-state index contributed by atoms with van der Waals surface area (Å²) in [5.74, 6) is 2.53. The summed E-state index contributed by atoms with van der Waals surface area (Å²) >= 11 is 0. The molecule has 4 aliphatic carbocycles. The van der Waals surface area contributed by atoms with Crippen molar-refractivity contribution < 1.29 is 4.79 Å². The van der Waals surface area contributed by atoms with Gasteiger partial charge in [-0.15, -0.1) is 0 Å². The number of aromatic nitrogens is 3. The highest BCUT2D eigenvalue weighted by Crippen LogP contribution is 2.55. The second-order valence-electron chi connectivity index (χ2n) is 9.91. The summed E-state index contributed by atoms with van der Waals surface area (Å²) in [4.78, 5) is 17.7. The molecule has 3 aromatic rings. The zero-order chi connectivity index (χ0) is 20.3. The molecule has 2 heterocycles. The number of aryl methyl sites for hydroxylation is 1. The van der Waals surface area contributed by atoms with Gasteiger partial charge < -0.3 is 5.32 Å². The zero-order valence-corrected chi connectivity index (χ0v) is 17.5. The lowest BCUT2D eigenvalue weighted by molar-refractivity contribution is -0.127. The largest absolute Gasteiger partial charge is 0.349 e. The van der Waals surface area contributed by atoms with Gasteiger partial charge in [0.1, 0.15) is 6.54 Å². The number of nitrogens with one attached hydrogen (secondary N) is 1. The summed E-state index contributed by atoms with van der Waals surface area (Å²) in [6.07, 6.45) is 9.46. The third kappa shape index (κ3) is 2.94. The van der Waals surface area contributed by atoms with E-state index in [-0.39, 0.29) is 18.0 Å². The average Bonchev–Trinajstić information content (AvgIpc) is 3.02. The van der Waals surface area contributed by atoms with Crippen LogP contribution in [0.25, 0.3) is 22.2 Å². The Kier molecular flexibility index (Phi) is 4.02. The third-order valence-corrected chi connectivity index (χ3v) is 7.63. The molecule has 5 heteroatoms. The van der Waals surface area contributed by atoms with E-state index in [4.69, 9.17) is 5.10 Å². The fraction of sp³-hybridized carbons (Fsp3) is 0.480. The SMILES string of the molecule is Cc1nn(CC(=O)NC23CC4CC(CC(C4)C2)C3)c2nccc(-c3ccccc3)c12. The predicted molar refractivity (Wildman–Crippen MR) is 117 cm³/mol. The van der Waals surface area contributed by atoms with Gasteiger partial charge in [-0.25, -0.2) is 9.67 Å². The molecule has 30 heavy (non-hydrogen) atoms.